The second-order valence-electron chi connectivity index (χ2n) is 5.22. The number of benzene rings is 2. The maximum absolute atomic E-state index is 13.8. The van der Waals surface area contributed by atoms with Gasteiger partial charge in [0.1, 0.15) is 5.82 Å². The molecule has 0 bridgehead atoms. The van der Waals surface area contributed by atoms with E-state index in [1.165, 1.54) is 36.6 Å². The number of thioether (sulfide) groups is 1. The molecule has 126 valence electrons. The predicted octanol–water partition coefficient (Wildman–Crippen LogP) is 3.79. The number of carbonyl (C=O) groups excluding carboxylic acids is 2. The van der Waals surface area contributed by atoms with Crippen LogP contribution >= 0.6 is 11.8 Å². The lowest BCUT2D eigenvalue weighted by atomic mass is 10.2. The minimum absolute atomic E-state index is 0.0287. The molecule has 0 aliphatic rings. The molecule has 0 atom stereocenters. The quantitative estimate of drug-likeness (QED) is 0.808. The Morgan fingerprint density at radius 1 is 1.21 bits per heavy atom. The van der Waals surface area contributed by atoms with Crippen LogP contribution in [0.25, 0.3) is 0 Å². The zero-order valence-electron chi connectivity index (χ0n) is 13.5. The predicted molar refractivity (Wildman–Crippen MR) is 93.7 cm³/mol. The molecule has 0 radical (unpaired) electrons. The maximum Gasteiger partial charge on any atom is 0.337 e. The molecule has 0 saturated carbocycles. The molecule has 0 spiro atoms. The number of methoxy groups -OCH3 is 1. The summed E-state index contributed by atoms with van der Waals surface area (Å²) in [6, 6.07) is 11.7. The molecule has 0 saturated heterocycles. The molecule has 1 N–H and O–H groups in total. The number of carbonyl (C=O) groups is 2. The molecule has 0 heterocycles. The average Bonchev–Trinajstić information content (AvgIpc) is 2.56. The number of ether oxygens (including phenoxy) is 1. The van der Waals surface area contributed by atoms with Gasteiger partial charge in [0.2, 0.25) is 5.91 Å². The molecular formula is C18H18FNO3S. The van der Waals surface area contributed by atoms with Crippen LogP contribution in [-0.4, -0.2) is 24.7 Å². The first-order chi connectivity index (χ1) is 11.5. The van der Waals surface area contributed by atoms with Crippen LogP contribution < -0.4 is 5.32 Å². The highest BCUT2D eigenvalue weighted by molar-refractivity contribution is 7.99. The van der Waals surface area contributed by atoms with Gasteiger partial charge in [-0.05, 0) is 30.7 Å². The number of anilines is 1. The maximum atomic E-state index is 13.8. The lowest BCUT2D eigenvalue weighted by molar-refractivity contribution is -0.113. The number of rotatable bonds is 6. The number of hydrogen-bond acceptors (Lipinski definition) is 4. The molecule has 0 aliphatic carbocycles. The van der Waals surface area contributed by atoms with Crippen molar-refractivity contribution in [2.75, 3.05) is 18.2 Å². The Bertz CT molecular complexity index is 749. The summed E-state index contributed by atoms with van der Waals surface area (Å²) >= 11 is 1.44. The van der Waals surface area contributed by atoms with E-state index >= 15 is 0 Å². The Hall–Kier alpha value is -2.34. The van der Waals surface area contributed by atoms with Crippen molar-refractivity contribution in [3.05, 3.63) is 65.0 Å². The van der Waals surface area contributed by atoms with Crippen molar-refractivity contribution in [2.45, 2.75) is 12.7 Å². The van der Waals surface area contributed by atoms with Crippen LogP contribution in [0.5, 0.6) is 0 Å². The molecule has 0 unspecified atom stereocenters. The van der Waals surface area contributed by atoms with E-state index in [1.807, 2.05) is 25.1 Å². The average molecular weight is 347 g/mol. The summed E-state index contributed by atoms with van der Waals surface area (Å²) < 4.78 is 18.3. The lowest BCUT2D eigenvalue weighted by Gasteiger charge is -2.08. The highest BCUT2D eigenvalue weighted by atomic mass is 32.2. The van der Waals surface area contributed by atoms with Crippen molar-refractivity contribution in [3.8, 4) is 0 Å². The molecule has 1 amide bonds. The molecule has 2 rings (SSSR count). The zero-order chi connectivity index (χ0) is 17.5. The summed E-state index contributed by atoms with van der Waals surface area (Å²) in [5, 5.41) is 2.48. The van der Waals surface area contributed by atoms with Crippen LogP contribution in [-0.2, 0) is 15.3 Å². The van der Waals surface area contributed by atoms with Gasteiger partial charge in [-0.2, -0.15) is 0 Å². The third-order valence-electron chi connectivity index (χ3n) is 3.25. The second kappa shape index (κ2) is 8.49. The van der Waals surface area contributed by atoms with E-state index in [9.17, 15) is 14.0 Å². The van der Waals surface area contributed by atoms with E-state index in [0.29, 0.717) is 5.75 Å². The molecule has 0 aromatic heterocycles. The van der Waals surface area contributed by atoms with Crippen LogP contribution in [0.2, 0.25) is 0 Å². The fraction of sp³-hybridized carbons (Fsp3) is 0.222. The van der Waals surface area contributed by atoms with E-state index in [-0.39, 0.29) is 22.9 Å². The molecule has 4 nitrogen and oxygen atoms in total. The highest BCUT2D eigenvalue weighted by Crippen LogP contribution is 2.18. The van der Waals surface area contributed by atoms with E-state index < -0.39 is 11.8 Å². The second-order valence-corrected chi connectivity index (χ2v) is 6.20. The Balaban J connectivity index is 1.91. The first-order valence-corrected chi connectivity index (χ1v) is 8.46. The fourth-order valence-corrected chi connectivity index (χ4v) is 2.89. The third kappa shape index (κ3) is 5.09. The summed E-state index contributed by atoms with van der Waals surface area (Å²) in [6.07, 6.45) is 0. The number of esters is 1. The minimum Gasteiger partial charge on any atom is -0.465 e. The summed E-state index contributed by atoms with van der Waals surface area (Å²) in [5.41, 5.74) is 2.45. The largest absolute Gasteiger partial charge is 0.465 e. The van der Waals surface area contributed by atoms with Crippen molar-refractivity contribution in [1.82, 2.24) is 0 Å². The van der Waals surface area contributed by atoms with Crippen molar-refractivity contribution in [2.24, 2.45) is 0 Å². The van der Waals surface area contributed by atoms with Gasteiger partial charge in [-0.15, -0.1) is 11.8 Å². The van der Waals surface area contributed by atoms with Crippen LogP contribution in [0.1, 0.15) is 21.5 Å². The van der Waals surface area contributed by atoms with Crippen molar-refractivity contribution >= 4 is 29.3 Å². The van der Waals surface area contributed by atoms with Crippen LogP contribution in [0.4, 0.5) is 10.1 Å². The Morgan fingerprint density at radius 3 is 2.71 bits per heavy atom. The topological polar surface area (TPSA) is 55.4 Å². The van der Waals surface area contributed by atoms with Gasteiger partial charge in [-0.1, -0.05) is 29.8 Å². The lowest BCUT2D eigenvalue weighted by Crippen LogP contribution is -2.16. The van der Waals surface area contributed by atoms with Gasteiger partial charge in [-0.25, -0.2) is 9.18 Å². The number of nitrogens with one attached hydrogen (secondary N) is 1. The monoisotopic (exact) mass is 347 g/mol. The summed E-state index contributed by atoms with van der Waals surface area (Å²) in [5.74, 6) is -0.622. The molecule has 0 fully saturated rings. The van der Waals surface area contributed by atoms with Gasteiger partial charge in [0.05, 0.1) is 24.1 Å². The van der Waals surface area contributed by atoms with Gasteiger partial charge >= 0.3 is 5.97 Å². The van der Waals surface area contributed by atoms with E-state index in [2.05, 4.69) is 16.1 Å². The van der Waals surface area contributed by atoms with Crippen molar-refractivity contribution in [1.29, 1.82) is 0 Å². The number of hydrogen-bond donors (Lipinski definition) is 1. The number of aryl methyl sites for hydroxylation is 1. The fourth-order valence-electron chi connectivity index (χ4n) is 2.12. The first-order valence-electron chi connectivity index (χ1n) is 7.30. The minimum atomic E-state index is -0.598. The van der Waals surface area contributed by atoms with Gasteiger partial charge in [0, 0.05) is 5.75 Å². The molecule has 2 aromatic rings. The van der Waals surface area contributed by atoms with Gasteiger partial charge in [-0.3, -0.25) is 4.79 Å². The summed E-state index contributed by atoms with van der Waals surface area (Å²) in [7, 11) is 1.24. The van der Waals surface area contributed by atoms with Crippen molar-refractivity contribution in [3.63, 3.8) is 0 Å². The van der Waals surface area contributed by atoms with Gasteiger partial charge < -0.3 is 10.1 Å². The van der Waals surface area contributed by atoms with Crippen molar-refractivity contribution < 1.29 is 18.7 Å². The van der Waals surface area contributed by atoms with Crippen LogP contribution in [0.15, 0.2) is 42.5 Å². The molecule has 24 heavy (non-hydrogen) atoms. The normalized spacial score (nSPS) is 10.3. The summed E-state index contributed by atoms with van der Waals surface area (Å²) in [6.45, 7) is 2.01. The standard InChI is InChI=1S/C18H18FNO3S/c1-12-4-3-5-13(8-12)10-24-11-17(21)20-16-9-14(18(22)23-2)6-7-15(16)19/h3-9H,10-11H2,1-2H3,(H,20,21). The Morgan fingerprint density at radius 2 is 2.00 bits per heavy atom. The summed E-state index contributed by atoms with van der Waals surface area (Å²) in [4.78, 5) is 23.4. The smallest absolute Gasteiger partial charge is 0.337 e. The van der Waals surface area contributed by atoms with Gasteiger partial charge in [0.15, 0.2) is 0 Å². The SMILES string of the molecule is COC(=O)c1ccc(F)c(NC(=O)CSCc2cccc(C)c2)c1. The third-order valence-corrected chi connectivity index (χ3v) is 4.25. The molecule has 6 heteroatoms. The highest BCUT2D eigenvalue weighted by Gasteiger charge is 2.12. The number of halogens is 1. The Kier molecular flexibility index (Phi) is 6.37. The number of amides is 1. The van der Waals surface area contributed by atoms with Crippen LogP contribution in [0.3, 0.4) is 0 Å². The van der Waals surface area contributed by atoms with E-state index in [1.54, 1.807) is 0 Å². The van der Waals surface area contributed by atoms with Crippen LogP contribution in [0, 0.1) is 12.7 Å². The zero-order valence-corrected chi connectivity index (χ0v) is 14.3. The first kappa shape index (κ1) is 18.0. The van der Waals surface area contributed by atoms with Gasteiger partial charge in [0.25, 0.3) is 0 Å². The Labute approximate surface area is 144 Å². The molecule has 2 aromatic carbocycles. The van der Waals surface area contributed by atoms with E-state index in [4.69, 9.17) is 0 Å². The van der Waals surface area contributed by atoms with E-state index in [0.717, 1.165) is 11.6 Å². The molecular weight excluding hydrogens is 329 g/mol. The molecule has 0 aliphatic heterocycles.